The Bertz CT molecular complexity index is 287. The highest BCUT2D eigenvalue weighted by molar-refractivity contribution is 5.29. The van der Waals surface area contributed by atoms with E-state index in [-0.39, 0.29) is 12.1 Å². The van der Waals surface area contributed by atoms with E-state index >= 15 is 0 Å². The van der Waals surface area contributed by atoms with E-state index < -0.39 is 0 Å². The Morgan fingerprint density at radius 2 is 1.85 bits per heavy atom. The second-order valence-corrected chi connectivity index (χ2v) is 3.86. The number of hydrogen-bond acceptors (Lipinski definition) is 2. The summed E-state index contributed by atoms with van der Waals surface area (Å²) in [4.78, 5) is 0. The van der Waals surface area contributed by atoms with E-state index in [1.807, 2.05) is 24.3 Å². The minimum absolute atomic E-state index is 0.0754. The molecule has 0 aliphatic heterocycles. The van der Waals surface area contributed by atoms with Crippen molar-refractivity contribution in [1.29, 1.82) is 0 Å². The van der Waals surface area contributed by atoms with Gasteiger partial charge in [-0.15, -0.1) is 0 Å². The Hall–Kier alpha value is -0.860. The molecule has 0 amide bonds. The number of aliphatic hydroxyl groups excluding tert-OH is 1. The van der Waals surface area contributed by atoms with E-state index in [1.54, 1.807) is 0 Å². The van der Waals surface area contributed by atoms with Crippen LogP contribution < -0.4 is 5.73 Å². The van der Waals surface area contributed by atoms with Crippen LogP contribution in [0, 0.1) is 0 Å². The van der Waals surface area contributed by atoms with Crippen molar-refractivity contribution >= 4 is 0 Å². The largest absolute Gasteiger partial charge is 0.392 e. The van der Waals surface area contributed by atoms with Crippen molar-refractivity contribution in [3.63, 3.8) is 0 Å². The average molecular weight is 177 g/mol. The van der Waals surface area contributed by atoms with E-state index in [2.05, 4.69) is 0 Å². The zero-order chi connectivity index (χ0) is 9.31. The molecule has 1 aromatic rings. The fourth-order valence-corrected chi connectivity index (χ4v) is 1.79. The van der Waals surface area contributed by atoms with Gasteiger partial charge in [0.25, 0.3) is 0 Å². The smallest absolute Gasteiger partial charge is 0.0681 e. The lowest BCUT2D eigenvalue weighted by Crippen LogP contribution is -2.43. The second-order valence-electron chi connectivity index (χ2n) is 3.86. The van der Waals surface area contributed by atoms with Crippen LogP contribution in [0.25, 0.3) is 0 Å². The Kier molecular flexibility index (Phi) is 2.10. The summed E-state index contributed by atoms with van der Waals surface area (Å²) in [7, 11) is 0. The van der Waals surface area contributed by atoms with Crippen molar-refractivity contribution < 1.29 is 5.11 Å². The van der Waals surface area contributed by atoms with Crippen LogP contribution in [0.4, 0.5) is 0 Å². The lowest BCUT2D eigenvalue weighted by Gasteiger charge is -2.38. The molecule has 2 rings (SSSR count). The molecule has 2 nitrogen and oxygen atoms in total. The molecule has 0 bridgehead atoms. The summed E-state index contributed by atoms with van der Waals surface area (Å²) in [5.41, 5.74) is 8.23. The number of nitrogens with two attached hydrogens (primary N) is 1. The van der Waals surface area contributed by atoms with Crippen LogP contribution >= 0.6 is 0 Å². The van der Waals surface area contributed by atoms with Crippen molar-refractivity contribution in [3.05, 3.63) is 35.4 Å². The summed E-state index contributed by atoms with van der Waals surface area (Å²) >= 11 is 0. The van der Waals surface area contributed by atoms with Crippen LogP contribution in [0.5, 0.6) is 0 Å². The number of aliphatic hydroxyl groups is 1. The maximum atomic E-state index is 8.87. The van der Waals surface area contributed by atoms with Crippen LogP contribution in [-0.4, -0.2) is 5.11 Å². The molecule has 70 valence electrons. The molecular weight excluding hydrogens is 162 g/mol. The molecule has 0 radical (unpaired) electrons. The molecule has 1 fully saturated rings. The van der Waals surface area contributed by atoms with E-state index in [0.29, 0.717) is 0 Å². The summed E-state index contributed by atoms with van der Waals surface area (Å²) in [6.07, 6.45) is 3.41. The van der Waals surface area contributed by atoms with Gasteiger partial charge in [-0.25, -0.2) is 0 Å². The van der Waals surface area contributed by atoms with Gasteiger partial charge in [-0.3, -0.25) is 0 Å². The highest BCUT2D eigenvalue weighted by Crippen LogP contribution is 2.38. The van der Waals surface area contributed by atoms with Gasteiger partial charge in [0.1, 0.15) is 0 Å². The quantitative estimate of drug-likeness (QED) is 0.719. The monoisotopic (exact) mass is 177 g/mol. The molecular formula is C11H15NO. The maximum Gasteiger partial charge on any atom is 0.0681 e. The first-order chi connectivity index (χ1) is 6.24. The van der Waals surface area contributed by atoms with Crippen LogP contribution in [0.1, 0.15) is 30.4 Å². The molecule has 3 N–H and O–H groups in total. The molecule has 1 aliphatic carbocycles. The van der Waals surface area contributed by atoms with Gasteiger partial charge in [-0.05, 0) is 30.4 Å². The first kappa shape index (κ1) is 8.73. The highest BCUT2D eigenvalue weighted by Gasteiger charge is 2.33. The molecule has 2 heteroatoms. The molecule has 0 aromatic heterocycles. The summed E-state index contributed by atoms with van der Waals surface area (Å²) in [6.45, 7) is 0.109. The van der Waals surface area contributed by atoms with Gasteiger partial charge in [0.05, 0.1) is 6.61 Å². The number of benzene rings is 1. The first-order valence-electron chi connectivity index (χ1n) is 4.74. The molecule has 1 aliphatic rings. The molecule has 0 unspecified atom stereocenters. The molecule has 0 saturated heterocycles. The molecule has 0 spiro atoms. The molecule has 13 heavy (non-hydrogen) atoms. The van der Waals surface area contributed by atoms with Gasteiger partial charge in [0.2, 0.25) is 0 Å². The van der Waals surface area contributed by atoms with Crippen molar-refractivity contribution in [2.24, 2.45) is 5.73 Å². The topological polar surface area (TPSA) is 46.2 Å². The number of hydrogen-bond donors (Lipinski definition) is 2. The van der Waals surface area contributed by atoms with Crippen LogP contribution in [0.15, 0.2) is 24.3 Å². The SMILES string of the molecule is NC1(c2ccc(CO)cc2)CCC1. The summed E-state index contributed by atoms with van der Waals surface area (Å²) in [5, 5.41) is 8.87. The predicted octanol–water partition coefficient (Wildman–Crippen LogP) is 1.52. The third-order valence-electron chi connectivity index (χ3n) is 2.96. The van der Waals surface area contributed by atoms with E-state index in [4.69, 9.17) is 10.8 Å². The van der Waals surface area contributed by atoms with E-state index in [1.165, 1.54) is 12.0 Å². The lowest BCUT2D eigenvalue weighted by atomic mass is 9.73. The normalized spacial score (nSPS) is 19.5. The standard InChI is InChI=1S/C11H15NO/c12-11(6-1-7-11)10-4-2-9(8-13)3-5-10/h2-5,13H,1,6-8,12H2. The Morgan fingerprint density at radius 3 is 2.23 bits per heavy atom. The lowest BCUT2D eigenvalue weighted by molar-refractivity contribution is 0.253. The van der Waals surface area contributed by atoms with E-state index in [9.17, 15) is 0 Å². The fourth-order valence-electron chi connectivity index (χ4n) is 1.79. The van der Waals surface area contributed by atoms with Crippen LogP contribution in [-0.2, 0) is 12.1 Å². The molecule has 0 heterocycles. The summed E-state index contributed by atoms with van der Waals surface area (Å²) in [5.74, 6) is 0. The first-order valence-corrected chi connectivity index (χ1v) is 4.74. The zero-order valence-electron chi connectivity index (χ0n) is 7.66. The Morgan fingerprint density at radius 1 is 1.23 bits per heavy atom. The fraction of sp³-hybridized carbons (Fsp3) is 0.455. The zero-order valence-corrected chi connectivity index (χ0v) is 7.66. The maximum absolute atomic E-state index is 8.87. The van der Waals surface area contributed by atoms with Crippen molar-refractivity contribution in [2.45, 2.75) is 31.4 Å². The minimum atomic E-state index is -0.0754. The number of rotatable bonds is 2. The van der Waals surface area contributed by atoms with Gasteiger partial charge in [-0.1, -0.05) is 24.3 Å². The molecule has 1 saturated carbocycles. The van der Waals surface area contributed by atoms with Crippen molar-refractivity contribution in [2.75, 3.05) is 0 Å². The van der Waals surface area contributed by atoms with Gasteiger partial charge >= 0.3 is 0 Å². The van der Waals surface area contributed by atoms with Gasteiger partial charge in [-0.2, -0.15) is 0 Å². The molecule has 1 aromatic carbocycles. The summed E-state index contributed by atoms with van der Waals surface area (Å²) < 4.78 is 0. The second kappa shape index (κ2) is 3.13. The predicted molar refractivity (Wildman–Crippen MR) is 52.1 cm³/mol. The summed E-state index contributed by atoms with van der Waals surface area (Å²) in [6, 6.07) is 7.96. The van der Waals surface area contributed by atoms with Crippen molar-refractivity contribution in [3.8, 4) is 0 Å². The Labute approximate surface area is 78.4 Å². The van der Waals surface area contributed by atoms with Crippen molar-refractivity contribution in [1.82, 2.24) is 0 Å². The Balaban J connectivity index is 2.22. The van der Waals surface area contributed by atoms with Gasteiger partial charge in [0, 0.05) is 5.54 Å². The van der Waals surface area contributed by atoms with Crippen LogP contribution in [0.2, 0.25) is 0 Å². The third kappa shape index (κ3) is 1.47. The van der Waals surface area contributed by atoms with E-state index in [0.717, 1.165) is 18.4 Å². The average Bonchev–Trinajstić information content (AvgIpc) is 2.14. The third-order valence-corrected chi connectivity index (χ3v) is 2.96. The van der Waals surface area contributed by atoms with Gasteiger partial charge < -0.3 is 10.8 Å². The highest BCUT2D eigenvalue weighted by atomic mass is 16.3. The molecule has 0 atom stereocenters. The minimum Gasteiger partial charge on any atom is -0.392 e. The van der Waals surface area contributed by atoms with Crippen LogP contribution in [0.3, 0.4) is 0 Å². The van der Waals surface area contributed by atoms with Gasteiger partial charge in [0.15, 0.2) is 0 Å².